The Morgan fingerprint density at radius 2 is 1.57 bits per heavy atom. The Kier molecular flexibility index (Phi) is 4.63. The molecule has 1 amide bonds. The molecule has 0 aliphatic carbocycles. The van der Waals surface area contributed by atoms with Gasteiger partial charge in [-0.15, -0.1) is 0 Å². The summed E-state index contributed by atoms with van der Waals surface area (Å²) >= 11 is 0. The van der Waals surface area contributed by atoms with Gasteiger partial charge in [-0.05, 0) is 36.2 Å². The van der Waals surface area contributed by atoms with Gasteiger partial charge in [0.05, 0.1) is 0 Å². The summed E-state index contributed by atoms with van der Waals surface area (Å²) in [6.07, 6.45) is 0. The van der Waals surface area contributed by atoms with Gasteiger partial charge in [-0.2, -0.15) is 0 Å². The van der Waals surface area contributed by atoms with Gasteiger partial charge in [-0.3, -0.25) is 4.79 Å². The molecule has 0 saturated heterocycles. The highest BCUT2D eigenvalue weighted by Crippen LogP contribution is 2.15. The van der Waals surface area contributed by atoms with E-state index in [1.165, 1.54) is 0 Å². The van der Waals surface area contributed by atoms with E-state index in [4.69, 9.17) is 0 Å². The van der Waals surface area contributed by atoms with Crippen molar-refractivity contribution in [1.82, 2.24) is 4.90 Å². The minimum Gasteiger partial charge on any atom is -0.378 e. The molecule has 3 nitrogen and oxygen atoms in total. The lowest BCUT2D eigenvalue weighted by Gasteiger charge is -2.19. The first-order valence-corrected chi connectivity index (χ1v) is 7.06. The maximum absolute atomic E-state index is 12.5. The first-order chi connectivity index (χ1) is 9.99. The molecule has 0 heterocycles. The molecule has 0 unspecified atom stereocenters. The Bertz CT molecular complexity index is 617. The summed E-state index contributed by atoms with van der Waals surface area (Å²) in [6, 6.07) is 16.0. The number of aryl methyl sites for hydroxylation is 1. The normalized spacial score (nSPS) is 10.3. The maximum atomic E-state index is 12.5. The van der Waals surface area contributed by atoms with E-state index in [0.717, 1.165) is 22.4 Å². The second kappa shape index (κ2) is 6.44. The third-order valence-corrected chi connectivity index (χ3v) is 3.59. The van der Waals surface area contributed by atoms with Gasteiger partial charge in [0.25, 0.3) is 5.91 Å². The van der Waals surface area contributed by atoms with E-state index < -0.39 is 0 Å². The first-order valence-electron chi connectivity index (χ1n) is 7.06. The van der Waals surface area contributed by atoms with E-state index in [9.17, 15) is 4.79 Å². The number of carbonyl (C=O) groups excluding carboxylic acids is 1. The largest absolute Gasteiger partial charge is 0.378 e. The predicted octanol–water partition coefficient (Wildman–Crippen LogP) is 3.33. The van der Waals surface area contributed by atoms with Crippen LogP contribution in [0.5, 0.6) is 0 Å². The highest BCUT2D eigenvalue weighted by Gasteiger charge is 2.13. The molecule has 2 rings (SSSR count). The van der Waals surface area contributed by atoms with Crippen LogP contribution >= 0.6 is 0 Å². The third kappa shape index (κ3) is 3.63. The number of hydrogen-bond acceptors (Lipinski definition) is 2. The molecule has 0 N–H and O–H groups in total. The van der Waals surface area contributed by atoms with Crippen LogP contribution in [0, 0.1) is 6.92 Å². The number of nitrogens with zero attached hydrogens (tertiary/aromatic N) is 2. The van der Waals surface area contributed by atoms with E-state index in [1.807, 2.05) is 52.3 Å². The van der Waals surface area contributed by atoms with Crippen molar-refractivity contribution in [3.05, 3.63) is 65.2 Å². The monoisotopic (exact) mass is 282 g/mol. The van der Waals surface area contributed by atoms with E-state index in [1.54, 1.807) is 4.90 Å². The molecule has 0 radical (unpaired) electrons. The number of anilines is 1. The topological polar surface area (TPSA) is 23.6 Å². The summed E-state index contributed by atoms with van der Waals surface area (Å²) in [5, 5.41) is 0. The summed E-state index contributed by atoms with van der Waals surface area (Å²) in [4.78, 5) is 16.3. The number of rotatable bonds is 4. The predicted molar refractivity (Wildman–Crippen MR) is 87.7 cm³/mol. The Morgan fingerprint density at radius 1 is 0.952 bits per heavy atom. The van der Waals surface area contributed by atoms with Gasteiger partial charge >= 0.3 is 0 Å². The molecule has 0 aliphatic rings. The molecule has 0 bridgehead atoms. The molecule has 0 aliphatic heterocycles. The van der Waals surface area contributed by atoms with E-state index >= 15 is 0 Å². The third-order valence-electron chi connectivity index (χ3n) is 3.59. The van der Waals surface area contributed by atoms with Gasteiger partial charge in [0.15, 0.2) is 0 Å². The fraction of sp³-hybridized carbons (Fsp3) is 0.278. The smallest absolute Gasteiger partial charge is 0.254 e. The molecule has 0 atom stereocenters. The van der Waals surface area contributed by atoms with Crippen molar-refractivity contribution >= 4 is 11.6 Å². The molecule has 110 valence electrons. The highest BCUT2D eigenvalue weighted by molar-refractivity contribution is 5.95. The molecular weight excluding hydrogens is 260 g/mol. The SMILES string of the molecule is Cc1ccccc1C(=O)N(C)Cc1ccc(N(C)C)cc1. The lowest BCUT2D eigenvalue weighted by molar-refractivity contribution is 0.0784. The number of amides is 1. The Balaban J connectivity index is 2.09. The Morgan fingerprint density at radius 3 is 2.14 bits per heavy atom. The number of hydrogen-bond donors (Lipinski definition) is 0. The average Bonchev–Trinajstić information content (AvgIpc) is 2.47. The van der Waals surface area contributed by atoms with E-state index in [-0.39, 0.29) is 5.91 Å². The fourth-order valence-corrected chi connectivity index (χ4v) is 2.26. The van der Waals surface area contributed by atoms with E-state index in [2.05, 4.69) is 29.2 Å². The van der Waals surface area contributed by atoms with Gasteiger partial charge in [0.1, 0.15) is 0 Å². The van der Waals surface area contributed by atoms with Crippen LogP contribution < -0.4 is 4.90 Å². The number of benzene rings is 2. The fourth-order valence-electron chi connectivity index (χ4n) is 2.26. The van der Waals surface area contributed by atoms with Gasteiger partial charge in [-0.1, -0.05) is 30.3 Å². The standard InChI is InChI=1S/C18H22N2O/c1-14-7-5-6-8-17(14)18(21)20(4)13-15-9-11-16(12-10-15)19(2)3/h5-12H,13H2,1-4H3. The van der Waals surface area contributed by atoms with Crippen LogP contribution in [0.3, 0.4) is 0 Å². The second-order valence-corrected chi connectivity index (χ2v) is 5.54. The van der Waals surface area contributed by atoms with Crippen molar-refractivity contribution in [2.75, 3.05) is 26.0 Å². The van der Waals surface area contributed by atoms with Crippen LogP contribution in [0.2, 0.25) is 0 Å². The minimum absolute atomic E-state index is 0.0600. The molecule has 0 saturated carbocycles. The summed E-state index contributed by atoms with van der Waals surface area (Å²) in [5.74, 6) is 0.0600. The highest BCUT2D eigenvalue weighted by atomic mass is 16.2. The molecule has 0 spiro atoms. The Labute approximate surface area is 126 Å². The summed E-state index contributed by atoms with van der Waals surface area (Å²) in [6.45, 7) is 2.58. The van der Waals surface area contributed by atoms with Crippen molar-refractivity contribution in [1.29, 1.82) is 0 Å². The first kappa shape index (κ1) is 15.1. The molecule has 0 aromatic heterocycles. The quantitative estimate of drug-likeness (QED) is 0.858. The number of carbonyl (C=O) groups is 1. The zero-order chi connectivity index (χ0) is 15.4. The zero-order valence-corrected chi connectivity index (χ0v) is 13.1. The molecule has 0 fully saturated rings. The van der Waals surface area contributed by atoms with Crippen molar-refractivity contribution in [2.45, 2.75) is 13.5 Å². The molecule has 3 heteroatoms. The van der Waals surface area contributed by atoms with Crippen LogP contribution in [0.25, 0.3) is 0 Å². The lowest BCUT2D eigenvalue weighted by atomic mass is 10.1. The van der Waals surface area contributed by atoms with Gasteiger partial charge in [0.2, 0.25) is 0 Å². The lowest BCUT2D eigenvalue weighted by Crippen LogP contribution is -2.26. The van der Waals surface area contributed by atoms with Gasteiger partial charge in [-0.25, -0.2) is 0 Å². The van der Waals surface area contributed by atoms with Crippen LogP contribution in [-0.2, 0) is 6.54 Å². The Hall–Kier alpha value is -2.29. The van der Waals surface area contributed by atoms with Crippen molar-refractivity contribution < 1.29 is 4.79 Å². The molecule has 21 heavy (non-hydrogen) atoms. The second-order valence-electron chi connectivity index (χ2n) is 5.54. The summed E-state index contributed by atoms with van der Waals surface area (Å²) < 4.78 is 0. The van der Waals surface area contributed by atoms with Crippen LogP contribution in [0.15, 0.2) is 48.5 Å². The maximum Gasteiger partial charge on any atom is 0.254 e. The van der Waals surface area contributed by atoms with Crippen LogP contribution in [-0.4, -0.2) is 32.0 Å². The van der Waals surface area contributed by atoms with Crippen LogP contribution in [0.1, 0.15) is 21.5 Å². The van der Waals surface area contributed by atoms with Crippen LogP contribution in [0.4, 0.5) is 5.69 Å². The molecular formula is C18H22N2O. The minimum atomic E-state index is 0.0600. The zero-order valence-electron chi connectivity index (χ0n) is 13.1. The van der Waals surface area contributed by atoms with E-state index in [0.29, 0.717) is 6.54 Å². The van der Waals surface area contributed by atoms with Crippen molar-refractivity contribution in [3.8, 4) is 0 Å². The summed E-state index contributed by atoms with van der Waals surface area (Å²) in [7, 11) is 5.88. The molecule has 2 aromatic rings. The van der Waals surface area contributed by atoms with Crippen molar-refractivity contribution in [3.63, 3.8) is 0 Å². The van der Waals surface area contributed by atoms with Gasteiger partial charge in [0, 0.05) is 38.9 Å². The van der Waals surface area contributed by atoms with Gasteiger partial charge < -0.3 is 9.80 Å². The average molecular weight is 282 g/mol. The molecule has 2 aromatic carbocycles. The summed E-state index contributed by atoms with van der Waals surface area (Å²) in [5.41, 5.74) is 4.07. The van der Waals surface area contributed by atoms with Crippen molar-refractivity contribution in [2.24, 2.45) is 0 Å².